The second-order valence-electron chi connectivity index (χ2n) is 4.07. The molecule has 0 aliphatic carbocycles. The van der Waals surface area contributed by atoms with Crippen molar-refractivity contribution >= 4 is 23.1 Å². The normalized spacial score (nSPS) is 19.1. The second kappa shape index (κ2) is 5.80. The van der Waals surface area contributed by atoms with Gasteiger partial charge in [-0.1, -0.05) is 23.1 Å². The lowest BCUT2D eigenvalue weighted by Crippen LogP contribution is -2.16. The number of nitrogens with one attached hydrogen (secondary N) is 1. The number of aromatic nitrogens is 6. The van der Waals surface area contributed by atoms with Gasteiger partial charge in [-0.05, 0) is 23.3 Å². The summed E-state index contributed by atoms with van der Waals surface area (Å²) >= 11 is 2.57. The van der Waals surface area contributed by atoms with Crippen LogP contribution in [-0.2, 0) is 17.0 Å². The van der Waals surface area contributed by atoms with Gasteiger partial charge in [0.25, 0.3) is 0 Å². The monoisotopic (exact) mass is 300 g/mol. The Balaban J connectivity index is 1.61. The molecule has 1 atom stereocenters. The number of tetrazole rings is 1. The summed E-state index contributed by atoms with van der Waals surface area (Å²) in [6.45, 7) is 1.49. The van der Waals surface area contributed by atoms with Crippen LogP contribution in [0.15, 0.2) is 9.95 Å². The number of ether oxygens (including phenoxy) is 1. The SMILES string of the molecule is O=c1[nH]nc(CSc2nnnn2C[C@H]2CCCO2)s1. The molecule has 102 valence electrons. The Bertz CT molecular complexity index is 587. The molecule has 2 aromatic heterocycles. The van der Waals surface area contributed by atoms with Gasteiger partial charge in [-0.25, -0.2) is 9.78 Å². The van der Waals surface area contributed by atoms with Crippen molar-refractivity contribution < 1.29 is 4.74 Å². The van der Waals surface area contributed by atoms with Crippen molar-refractivity contribution in [3.63, 3.8) is 0 Å². The number of nitrogens with zero attached hydrogens (tertiary/aromatic N) is 5. The van der Waals surface area contributed by atoms with E-state index >= 15 is 0 Å². The molecule has 10 heteroatoms. The minimum atomic E-state index is -0.144. The first-order chi connectivity index (χ1) is 9.31. The fourth-order valence-electron chi connectivity index (χ4n) is 1.84. The van der Waals surface area contributed by atoms with E-state index in [-0.39, 0.29) is 11.0 Å². The number of aromatic amines is 1. The standard InChI is InChI=1S/C9H12N6O2S2/c16-9-12-10-7(19-9)5-18-8-11-13-14-15(8)4-6-2-1-3-17-6/h6H,1-5H2,(H,12,16)/t6-/m1/s1. The molecule has 1 N–H and O–H groups in total. The Kier molecular flexibility index (Phi) is 3.89. The Morgan fingerprint density at radius 1 is 1.58 bits per heavy atom. The Morgan fingerprint density at radius 2 is 2.53 bits per heavy atom. The van der Waals surface area contributed by atoms with Gasteiger partial charge in [0.1, 0.15) is 5.01 Å². The van der Waals surface area contributed by atoms with E-state index in [2.05, 4.69) is 25.7 Å². The molecule has 1 fully saturated rings. The third kappa shape index (κ3) is 3.19. The number of hydrogen-bond donors (Lipinski definition) is 1. The molecule has 0 aromatic carbocycles. The quantitative estimate of drug-likeness (QED) is 0.792. The van der Waals surface area contributed by atoms with Crippen LogP contribution in [0.3, 0.4) is 0 Å². The predicted molar refractivity (Wildman–Crippen MR) is 69.1 cm³/mol. The zero-order valence-electron chi connectivity index (χ0n) is 9.98. The summed E-state index contributed by atoms with van der Waals surface area (Å²) < 4.78 is 7.31. The third-order valence-electron chi connectivity index (χ3n) is 2.71. The van der Waals surface area contributed by atoms with Crippen molar-refractivity contribution in [3.8, 4) is 0 Å². The van der Waals surface area contributed by atoms with Crippen molar-refractivity contribution in [2.45, 2.75) is 36.4 Å². The highest BCUT2D eigenvalue weighted by Crippen LogP contribution is 2.21. The lowest BCUT2D eigenvalue weighted by atomic mass is 10.2. The van der Waals surface area contributed by atoms with Crippen molar-refractivity contribution in [1.82, 2.24) is 30.4 Å². The summed E-state index contributed by atoms with van der Waals surface area (Å²) in [5.74, 6) is 0.579. The van der Waals surface area contributed by atoms with Gasteiger partial charge in [-0.2, -0.15) is 5.10 Å². The fraction of sp³-hybridized carbons (Fsp3) is 0.667. The molecule has 1 saturated heterocycles. The topological polar surface area (TPSA) is 98.6 Å². The Labute approximate surface area is 116 Å². The molecular formula is C9H12N6O2S2. The van der Waals surface area contributed by atoms with Gasteiger partial charge >= 0.3 is 4.87 Å². The van der Waals surface area contributed by atoms with Gasteiger partial charge in [-0.15, -0.1) is 5.10 Å². The van der Waals surface area contributed by atoms with Gasteiger partial charge in [0.2, 0.25) is 5.16 Å². The largest absolute Gasteiger partial charge is 0.376 e. The summed E-state index contributed by atoms with van der Waals surface area (Å²) in [6, 6.07) is 0. The van der Waals surface area contributed by atoms with E-state index in [1.807, 2.05) is 0 Å². The lowest BCUT2D eigenvalue weighted by molar-refractivity contribution is 0.0912. The van der Waals surface area contributed by atoms with Gasteiger partial charge in [0.05, 0.1) is 18.4 Å². The van der Waals surface area contributed by atoms with E-state index < -0.39 is 0 Å². The molecule has 0 amide bonds. The zero-order chi connectivity index (χ0) is 13.1. The molecule has 19 heavy (non-hydrogen) atoms. The molecule has 0 saturated carbocycles. The first-order valence-corrected chi connectivity index (χ1v) is 7.66. The highest BCUT2D eigenvalue weighted by molar-refractivity contribution is 7.98. The maximum Gasteiger partial charge on any atom is 0.322 e. The average molecular weight is 300 g/mol. The van der Waals surface area contributed by atoms with Crippen LogP contribution in [0.2, 0.25) is 0 Å². The molecule has 0 radical (unpaired) electrons. The molecule has 3 heterocycles. The predicted octanol–water partition coefficient (Wildman–Crippen LogP) is 0.289. The minimum Gasteiger partial charge on any atom is -0.376 e. The maximum atomic E-state index is 11.0. The summed E-state index contributed by atoms with van der Waals surface area (Å²) in [5.41, 5.74) is 0. The van der Waals surface area contributed by atoms with Crippen LogP contribution < -0.4 is 4.87 Å². The van der Waals surface area contributed by atoms with Crippen LogP contribution in [0.1, 0.15) is 17.8 Å². The number of hydrogen-bond acceptors (Lipinski definition) is 8. The smallest absolute Gasteiger partial charge is 0.322 e. The van der Waals surface area contributed by atoms with Crippen molar-refractivity contribution in [2.24, 2.45) is 0 Å². The zero-order valence-corrected chi connectivity index (χ0v) is 11.6. The van der Waals surface area contributed by atoms with Crippen molar-refractivity contribution in [3.05, 3.63) is 14.7 Å². The molecule has 3 rings (SSSR count). The maximum absolute atomic E-state index is 11.0. The molecule has 0 bridgehead atoms. The Morgan fingerprint density at radius 3 is 3.26 bits per heavy atom. The fourth-order valence-corrected chi connectivity index (χ4v) is 3.32. The third-order valence-corrected chi connectivity index (χ3v) is 4.61. The van der Waals surface area contributed by atoms with Crippen LogP contribution >= 0.6 is 23.1 Å². The highest BCUT2D eigenvalue weighted by Gasteiger charge is 2.19. The Hall–Kier alpha value is -1.26. The average Bonchev–Trinajstić information content (AvgIpc) is 3.10. The molecular weight excluding hydrogens is 288 g/mol. The summed E-state index contributed by atoms with van der Waals surface area (Å²) in [5, 5.41) is 19.4. The minimum absolute atomic E-state index is 0.144. The van der Waals surface area contributed by atoms with Crippen LogP contribution in [0, 0.1) is 0 Å². The van der Waals surface area contributed by atoms with Crippen molar-refractivity contribution in [2.75, 3.05) is 6.61 Å². The van der Waals surface area contributed by atoms with Crippen LogP contribution in [0.4, 0.5) is 0 Å². The van der Waals surface area contributed by atoms with E-state index in [0.717, 1.165) is 40.9 Å². The number of thioether (sulfide) groups is 1. The van der Waals surface area contributed by atoms with Crippen LogP contribution in [0.5, 0.6) is 0 Å². The van der Waals surface area contributed by atoms with Gasteiger partial charge in [0, 0.05) is 6.61 Å². The first-order valence-electron chi connectivity index (χ1n) is 5.86. The molecule has 1 aliphatic heterocycles. The van der Waals surface area contributed by atoms with Gasteiger partial charge < -0.3 is 4.74 Å². The summed E-state index contributed by atoms with van der Waals surface area (Å²) in [7, 11) is 0. The van der Waals surface area contributed by atoms with E-state index in [1.165, 1.54) is 11.8 Å². The van der Waals surface area contributed by atoms with E-state index in [4.69, 9.17) is 4.74 Å². The molecule has 2 aromatic rings. The molecule has 0 unspecified atom stereocenters. The lowest BCUT2D eigenvalue weighted by Gasteiger charge is -2.09. The molecule has 8 nitrogen and oxygen atoms in total. The second-order valence-corrected chi connectivity index (χ2v) is 6.06. The van der Waals surface area contributed by atoms with E-state index in [9.17, 15) is 4.79 Å². The van der Waals surface area contributed by atoms with Gasteiger partial charge in [0.15, 0.2) is 0 Å². The van der Waals surface area contributed by atoms with E-state index in [1.54, 1.807) is 4.68 Å². The summed E-state index contributed by atoms with van der Waals surface area (Å²) in [6.07, 6.45) is 2.34. The van der Waals surface area contributed by atoms with Gasteiger partial charge in [-0.3, -0.25) is 4.79 Å². The van der Waals surface area contributed by atoms with E-state index in [0.29, 0.717) is 12.3 Å². The number of H-pyrrole nitrogens is 1. The number of rotatable bonds is 5. The molecule has 1 aliphatic rings. The molecule has 0 spiro atoms. The van der Waals surface area contributed by atoms with Crippen molar-refractivity contribution in [1.29, 1.82) is 0 Å². The van der Waals surface area contributed by atoms with Crippen LogP contribution in [-0.4, -0.2) is 43.1 Å². The first kappa shape index (κ1) is 12.8. The summed E-state index contributed by atoms with van der Waals surface area (Å²) in [4.78, 5) is 10.8. The highest BCUT2D eigenvalue weighted by atomic mass is 32.2. The van der Waals surface area contributed by atoms with Crippen LogP contribution in [0.25, 0.3) is 0 Å².